The molecule has 2 heteroatoms. The van der Waals surface area contributed by atoms with Crippen molar-refractivity contribution in [3.05, 3.63) is 76.4 Å². The van der Waals surface area contributed by atoms with Gasteiger partial charge in [-0.2, -0.15) is 0 Å². The number of halogens is 1. The van der Waals surface area contributed by atoms with Crippen LogP contribution in [0.4, 0.5) is 0 Å². The smallest absolute Gasteiger partial charge is 0.0584 e. The van der Waals surface area contributed by atoms with Crippen LogP contribution in [0.25, 0.3) is 16.9 Å². The third kappa shape index (κ3) is 1.69. The van der Waals surface area contributed by atoms with Crippen LogP contribution in [-0.4, -0.2) is 4.57 Å². The fourth-order valence-corrected chi connectivity index (χ4v) is 4.38. The molecule has 104 valence electrons. The lowest BCUT2D eigenvalue weighted by molar-refractivity contribution is 0.658. The molecule has 0 atom stereocenters. The molecule has 0 saturated heterocycles. The van der Waals surface area contributed by atoms with Crippen molar-refractivity contribution >= 4 is 15.9 Å². The van der Waals surface area contributed by atoms with E-state index in [4.69, 9.17) is 0 Å². The second-order valence-electron chi connectivity index (χ2n) is 6.08. The Morgan fingerprint density at radius 1 is 0.905 bits per heavy atom. The molecule has 0 spiro atoms. The molecule has 0 bridgehead atoms. The van der Waals surface area contributed by atoms with Crippen LogP contribution in [-0.2, 0) is 5.41 Å². The lowest BCUT2D eigenvalue weighted by Gasteiger charge is -2.20. The summed E-state index contributed by atoms with van der Waals surface area (Å²) in [4.78, 5) is 0. The van der Waals surface area contributed by atoms with E-state index in [1.165, 1.54) is 32.5 Å². The Bertz CT molecular complexity index is 828. The molecule has 0 aliphatic heterocycles. The molecule has 1 aliphatic carbocycles. The van der Waals surface area contributed by atoms with Gasteiger partial charge in [-0.25, -0.2) is 0 Å². The molecule has 3 aromatic rings. The second-order valence-corrected chi connectivity index (χ2v) is 6.93. The Hall–Kier alpha value is -1.80. The quantitative estimate of drug-likeness (QED) is 0.548. The Kier molecular flexibility index (Phi) is 2.67. The van der Waals surface area contributed by atoms with E-state index in [0.29, 0.717) is 0 Å². The van der Waals surface area contributed by atoms with Crippen LogP contribution in [0.15, 0.2) is 65.3 Å². The minimum atomic E-state index is 0.0325. The van der Waals surface area contributed by atoms with E-state index in [2.05, 4.69) is 95.1 Å². The minimum absolute atomic E-state index is 0.0325. The van der Waals surface area contributed by atoms with Gasteiger partial charge in [-0.3, -0.25) is 0 Å². The van der Waals surface area contributed by atoms with Gasteiger partial charge in [0, 0.05) is 32.9 Å². The monoisotopic (exact) mass is 337 g/mol. The molecule has 1 nitrogen and oxygen atoms in total. The topological polar surface area (TPSA) is 4.93 Å². The molecule has 0 radical (unpaired) electrons. The van der Waals surface area contributed by atoms with Gasteiger partial charge in [0.25, 0.3) is 0 Å². The van der Waals surface area contributed by atoms with Crippen molar-refractivity contribution in [3.63, 3.8) is 0 Å². The van der Waals surface area contributed by atoms with Crippen molar-refractivity contribution in [2.24, 2.45) is 0 Å². The summed E-state index contributed by atoms with van der Waals surface area (Å²) in [5, 5.41) is 0. The van der Waals surface area contributed by atoms with E-state index >= 15 is 0 Å². The number of aromatic nitrogens is 1. The third-order valence-electron chi connectivity index (χ3n) is 4.47. The SMILES string of the molecule is CC1(C)c2ccccc2-c2c1c(Br)cn2-c1ccccc1. The zero-order valence-corrected chi connectivity index (χ0v) is 13.7. The van der Waals surface area contributed by atoms with Gasteiger partial charge in [0.05, 0.1) is 5.69 Å². The number of rotatable bonds is 1. The highest BCUT2D eigenvalue weighted by Crippen LogP contribution is 2.52. The van der Waals surface area contributed by atoms with Crippen LogP contribution < -0.4 is 0 Å². The highest BCUT2D eigenvalue weighted by atomic mass is 79.9. The van der Waals surface area contributed by atoms with Gasteiger partial charge >= 0.3 is 0 Å². The van der Waals surface area contributed by atoms with Crippen molar-refractivity contribution in [1.29, 1.82) is 0 Å². The summed E-state index contributed by atoms with van der Waals surface area (Å²) in [6, 6.07) is 19.3. The fourth-order valence-electron chi connectivity index (χ4n) is 3.50. The fraction of sp³-hybridized carbons (Fsp3) is 0.158. The predicted molar refractivity (Wildman–Crippen MR) is 91.0 cm³/mol. The summed E-state index contributed by atoms with van der Waals surface area (Å²) >= 11 is 3.78. The Morgan fingerprint density at radius 3 is 2.33 bits per heavy atom. The van der Waals surface area contributed by atoms with E-state index < -0.39 is 0 Å². The maximum atomic E-state index is 3.78. The van der Waals surface area contributed by atoms with E-state index in [9.17, 15) is 0 Å². The lowest BCUT2D eigenvalue weighted by atomic mass is 9.83. The molecule has 2 aromatic carbocycles. The molecular formula is C19H16BrN. The zero-order chi connectivity index (χ0) is 14.6. The normalized spacial score (nSPS) is 14.8. The van der Waals surface area contributed by atoms with Crippen LogP contribution >= 0.6 is 15.9 Å². The van der Waals surface area contributed by atoms with Crippen LogP contribution in [0.3, 0.4) is 0 Å². The van der Waals surface area contributed by atoms with Crippen LogP contribution in [0, 0.1) is 0 Å². The summed E-state index contributed by atoms with van der Waals surface area (Å²) < 4.78 is 3.48. The van der Waals surface area contributed by atoms with Crippen molar-refractivity contribution in [3.8, 4) is 16.9 Å². The molecule has 0 fully saturated rings. The van der Waals surface area contributed by atoms with Crippen molar-refractivity contribution in [2.45, 2.75) is 19.3 Å². The molecule has 0 unspecified atom stereocenters. The maximum Gasteiger partial charge on any atom is 0.0584 e. The van der Waals surface area contributed by atoms with Gasteiger partial charge in [-0.05, 0) is 33.6 Å². The predicted octanol–water partition coefficient (Wildman–Crippen LogP) is 5.55. The standard InChI is InChI=1S/C19H16BrN/c1-19(2)15-11-7-6-10-14(15)18-17(19)16(20)12-21(18)13-8-4-3-5-9-13/h3-12H,1-2H3. The number of hydrogen-bond donors (Lipinski definition) is 0. The van der Waals surface area contributed by atoms with Gasteiger partial charge in [0.15, 0.2) is 0 Å². The highest BCUT2D eigenvalue weighted by Gasteiger charge is 2.39. The molecule has 21 heavy (non-hydrogen) atoms. The first-order valence-electron chi connectivity index (χ1n) is 7.17. The number of hydrogen-bond acceptors (Lipinski definition) is 0. The summed E-state index contributed by atoms with van der Waals surface area (Å²) in [5.74, 6) is 0. The summed E-state index contributed by atoms with van der Waals surface area (Å²) in [5.41, 5.74) is 6.67. The summed E-state index contributed by atoms with van der Waals surface area (Å²) in [6.45, 7) is 4.61. The minimum Gasteiger partial charge on any atom is -0.315 e. The number of fused-ring (bicyclic) bond motifs is 3. The number of benzene rings is 2. The summed E-state index contributed by atoms with van der Waals surface area (Å²) in [7, 11) is 0. The maximum absolute atomic E-state index is 3.78. The molecule has 4 rings (SSSR count). The van der Waals surface area contributed by atoms with E-state index in [0.717, 1.165) is 0 Å². The Balaban J connectivity index is 2.09. The van der Waals surface area contributed by atoms with Gasteiger partial charge in [0.1, 0.15) is 0 Å². The van der Waals surface area contributed by atoms with Gasteiger partial charge in [-0.15, -0.1) is 0 Å². The van der Waals surface area contributed by atoms with Gasteiger partial charge in [0.2, 0.25) is 0 Å². The molecule has 0 N–H and O–H groups in total. The van der Waals surface area contributed by atoms with E-state index in [1.54, 1.807) is 0 Å². The molecule has 0 amide bonds. The average molecular weight is 338 g/mol. The molecule has 1 aromatic heterocycles. The molecule has 0 saturated carbocycles. The van der Waals surface area contributed by atoms with E-state index in [-0.39, 0.29) is 5.41 Å². The molecule has 1 heterocycles. The highest BCUT2D eigenvalue weighted by molar-refractivity contribution is 9.10. The van der Waals surface area contributed by atoms with Crippen LogP contribution in [0.2, 0.25) is 0 Å². The van der Waals surface area contributed by atoms with Crippen LogP contribution in [0.5, 0.6) is 0 Å². The Morgan fingerprint density at radius 2 is 1.57 bits per heavy atom. The largest absolute Gasteiger partial charge is 0.315 e. The first kappa shape index (κ1) is 12.9. The van der Waals surface area contributed by atoms with Crippen LogP contribution in [0.1, 0.15) is 25.0 Å². The first-order chi connectivity index (χ1) is 10.1. The molecular weight excluding hydrogens is 322 g/mol. The van der Waals surface area contributed by atoms with Gasteiger partial charge in [-0.1, -0.05) is 56.3 Å². The average Bonchev–Trinajstić information content (AvgIpc) is 2.96. The second kappa shape index (κ2) is 4.35. The zero-order valence-electron chi connectivity index (χ0n) is 12.1. The number of para-hydroxylation sites is 1. The lowest BCUT2D eigenvalue weighted by Crippen LogP contribution is -2.14. The van der Waals surface area contributed by atoms with Gasteiger partial charge < -0.3 is 4.57 Å². The van der Waals surface area contributed by atoms with E-state index in [1.807, 2.05) is 0 Å². The molecule has 1 aliphatic rings. The Labute approximate surface area is 133 Å². The first-order valence-corrected chi connectivity index (χ1v) is 7.96. The third-order valence-corrected chi connectivity index (χ3v) is 5.08. The van der Waals surface area contributed by atoms with Crippen molar-refractivity contribution < 1.29 is 0 Å². The number of nitrogens with zero attached hydrogens (tertiary/aromatic N) is 1. The van der Waals surface area contributed by atoms with Crippen molar-refractivity contribution in [2.75, 3.05) is 0 Å². The summed E-state index contributed by atoms with van der Waals surface area (Å²) in [6.07, 6.45) is 2.19. The van der Waals surface area contributed by atoms with Crippen molar-refractivity contribution in [1.82, 2.24) is 4.57 Å².